The first kappa shape index (κ1) is 21.1. The van der Waals surface area contributed by atoms with Gasteiger partial charge in [-0.25, -0.2) is 12.7 Å². The number of alkyl halides is 3. The summed E-state index contributed by atoms with van der Waals surface area (Å²) in [6.07, 6.45) is -3.06. The molecule has 1 aliphatic heterocycles. The van der Waals surface area contributed by atoms with Crippen molar-refractivity contribution in [2.45, 2.75) is 25.0 Å². The SMILES string of the molecule is O=C(Nc1ccc(OC(F)(F)F)cc1)c1ccc(CS(=O)(=O)N2CCCC2)cc1. The molecule has 1 amide bonds. The lowest BCUT2D eigenvalue weighted by Gasteiger charge is -2.15. The van der Waals surface area contributed by atoms with Crippen molar-refractivity contribution >= 4 is 21.6 Å². The predicted molar refractivity (Wildman–Crippen MR) is 101 cm³/mol. The minimum atomic E-state index is -4.78. The number of nitrogens with zero attached hydrogens (tertiary/aromatic N) is 1. The Morgan fingerprint density at radius 2 is 1.59 bits per heavy atom. The second-order valence-corrected chi connectivity index (χ2v) is 8.55. The molecule has 29 heavy (non-hydrogen) atoms. The zero-order chi connectivity index (χ0) is 21.1. The first-order valence-electron chi connectivity index (χ1n) is 8.86. The number of rotatable bonds is 6. The molecule has 1 heterocycles. The number of hydrogen-bond donors (Lipinski definition) is 1. The smallest absolute Gasteiger partial charge is 0.406 e. The van der Waals surface area contributed by atoms with Gasteiger partial charge < -0.3 is 10.1 Å². The van der Waals surface area contributed by atoms with Crippen LogP contribution in [0.1, 0.15) is 28.8 Å². The van der Waals surface area contributed by atoms with Crippen LogP contribution in [0.5, 0.6) is 5.75 Å². The number of hydrogen-bond acceptors (Lipinski definition) is 4. The molecule has 6 nitrogen and oxygen atoms in total. The molecule has 0 aliphatic carbocycles. The van der Waals surface area contributed by atoms with E-state index in [2.05, 4.69) is 10.1 Å². The van der Waals surface area contributed by atoms with E-state index >= 15 is 0 Å². The van der Waals surface area contributed by atoms with Crippen molar-refractivity contribution in [3.8, 4) is 5.75 Å². The number of nitrogens with one attached hydrogen (secondary N) is 1. The number of anilines is 1. The molecule has 0 spiro atoms. The summed E-state index contributed by atoms with van der Waals surface area (Å²) in [7, 11) is -3.37. The number of carbonyl (C=O) groups is 1. The maximum absolute atomic E-state index is 12.3. The zero-order valence-corrected chi connectivity index (χ0v) is 16.1. The van der Waals surface area contributed by atoms with Crippen LogP contribution < -0.4 is 10.1 Å². The number of sulfonamides is 1. The lowest BCUT2D eigenvalue weighted by molar-refractivity contribution is -0.274. The predicted octanol–water partition coefficient (Wildman–Crippen LogP) is 3.76. The molecule has 1 aliphatic rings. The van der Waals surface area contributed by atoms with Crippen LogP contribution in [-0.4, -0.2) is 38.1 Å². The van der Waals surface area contributed by atoms with Gasteiger partial charge >= 0.3 is 6.36 Å². The minimum absolute atomic E-state index is 0.129. The molecule has 3 rings (SSSR count). The van der Waals surface area contributed by atoms with Gasteiger partial charge in [0.2, 0.25) is 10.0 Å². The summed E-state index contributed by atoms with van der Waals surface area (Å²) in [4.78, 5) is 12.3. The molecule has 2 aromatic carbocycles. The van der Waals surface area contributed by atoms with Gasteiger partial charge in [-0.15, -0.1) is 13.2 Å². The van der Waals surface area contributed by atoms with Crippen molar-refractivity contribution in [2.75, 3.05) is 18.4 Å². The van der Waals surface area contributed by atoms with Gasteiger partial charge in [-0.3, -0.25) is 4.79 Å². The summed E-state index contributed by atoms with van der Waals surface area (Å²) in [5.74, 6) is -0.988. The summed E-state index contributed by atoms with van der Waals surface area (Å²) in [6.45, 7) is 1.07. The van der Waals surface area contributed by atoms with Crippen molar-refractivity contribution in [2.24, 2.45) is 0 Å². The molecule has 0 saturated carbocycles. The topological polar surface area (TPSA) is 75.7 Å². The summed E-state index contributed by atoms with van der Waals surface area (Å²) >= 11 is 0. The normalized spacial score (nSPS) is 15.3. The molecule has 0 bridgehead atoms. The fourth-order valence-corrected chi connectivity index (χ4v) is 4.57. The van der Waals surface area contributed by atoms with Crippen molar-refractivity contribution < 1.29 is 31.1 Å². The van der Waals surface area contributed by atoms with E-state index in [4.69, 9.17) is 0 Å². The van der Waals surface area contributed by atoms with Gasteiger partial charge in [0.1, 0.15) is 5.75 Å². The molecule has 2 aromatic rings. The second-order valence-electron chi connectivity index (χ2n) is 6.59. The van der Waals surface area contributed by atoms with Crippen LogP contribution in [0.15, 0.2) is 48.5 Å². The molecule has 1 N–H and O–H groups in total. The Morgan fingerprint density at radius 1 is 1.00 bits per heavy atom. The van der Waals surface area contributed by atoms with Crippen molar-refractivity contribution in [1.29, 1.82) is 0 Å². The van der Waals surface area contributed by atoms with Crippen molar-refractivity contribution in [1.82, 2.24) is 4.31 Å². The van der Waals surface area contributed by atoms with E-state index in [1.165, 1.54) is 28.6 Å². The Kier molecular flexibility index (Phi) is 6.13. The second kappa shape index (κ2) is 8.42. The fraction of sp³-hybridized carbons (Fsp3) is 0.316. The van der Waals surface area contributed by atoms with E-state index in [0.717, 1.165) is 25.0 Å². The molecule has 0 atom stereocenters. The van der Waals surface area contributed by atoms with E-state index < -0.39 is 22.3 Å². The standard InChI is InChI=1S/C19H19F3N2O4S/c20-19(21,22)28-17-9-7-16(8-10-17)23-18(25)15-5-3-14(4-6-15)13-29(26,27)24-11-1-2-12-24/h3-10H,1-2,11-13H2,(H,23,25). The molecular weight excluding hydrogens is 409 g/mol. The van der Waals surface area contributed by atoms with Crippen LogP contribution in [0.2, 0.25) is 0 Å². The monoisotopic (exact) mass is 428 g/mol. The van der Waals surface area contributed by atoms with Crippen LogP contribution in [0.25, 0.3) is 0 Å². The van der Waals surface area contributed by atoms with E-state index in [1.807, 2.05) is 0 Å². The average molecular weight is 428 g/mol. The van der Waals surface area contributed by atoms with Gasteiger partial charge in [-0.05, 0) is 54.8 Å². The molecule has 0 radical (unpaired) electrons. The van der Waals surface area contributed by atoms with Crippen LogP contribution in [0, 0.1) is 0 Å². The first-order chi connectivity index (χ1) is 13.6. The quantitative estimate of drug-likeness (QED) is 0.760. The molecule has 0 unspecified atom stereocenters. The summed E-state index contributed by atoms with van der Waals surface area (Å²) < 4.78 is 66.4. The van der Waals surface area contributed by atoms with Gasteiger partial charge in [-0.1, -0.05) is 12.1 Å². The van der Waals surface area contributed by atoms with E-state index in [9.17, 15) is 26.4 Å². The maximum atomic E-state index is 12.3. The molecule has 0 aromatic heterocycles. The highest BCUT2D eigenvalue weighted by Gasteiger charge is 2.31. The van der Waals surface area contributed by atoms with Gasteiger partial charge in [0, 0.05) is 24.3 Å². The number of carbonyl (C=O) groups excluding carboxylic acids is 1. The molecule has 1 fully saturated rings. The Labute approximate surface area is 166 Å². The largest absolute Gasteiger partial charge is 0.573 e. The molecule has 1 saturated heterocycles. The number of halogens is 3. The van der Waals surface area contributed by atoms with Gasteiger partial charge in [0.15, 0.2) is 0 Å². The van der Waals surface area contributed by atoms with Crippen LogP contribution in [0.4, 0.5) is 18.9 Å². The third-order valence-corrected chi connectivity index (χ3v) is 6.22. The molecule has 10 heteroatoms. The number of amides is 1. The highest BCUT2D eigenvalue weighted by atomic mass is 32.2. The molecule has 156 valence electrons. The summed E-state index contributed by atoms with van der Waals surface area (Å²) in [5, 5.41) is 2.56. The summed E-state index contributed by atoms with van der Waals surface area (Å²) in [6, 6.07) is 10.9. The lowest BCUT2D eigenvalue weighted by Crippen LogP contribution is -2.29. The number of benzene rings is 2. The third-order valence-electron chi connectivity index (χ3n) is 4.37. The van der Waals surface area contributed by atoms with Gasteiger partial charge in [0.25, 0.3) is 5.91 Å². The Bertz CT molecular complexity index is 952. The third kappa shape index (κ3) is 5.94. The van der Waals surface area contributed by atoms with E-state index in [1.54, 1.807) is 12.1 Å². The van der Waals surface area contributed by atoms with E-state index in [0.29, 0.717) is 29.9 Å². The highest BCUT2D eigenvalue weighted by molar-refractivity contribution is 7.88. The minimum Gasteiger partial charge on any atom is -0.406 e. The summed E-state index contributed by atoms with van der Waals surface area (Å²) in [5.41, 5.74) is 1.16. The Balaban J connectivity index is 1.60. The first-order valence-corrected chi connectivity index (χ1v) is 10.5. The van der Waals surface area contributed by atoms with Gasteiger partial charge in [0.05, 0.1) is 5.75 Å². The molecular formula is C19H19F3N2O4S. The maximum Gasteiger partial charge on any atom is 0.573 e. The number of ether oxygens (including phenoxy) is 1. The fourth-order valence-electron chi connectivity index (χ4n) is 2.96. The van der Waals surface area contributed by atoms with Crippen LogP contribution in [-0.2, 0) is 15.8 Å². The van der Waals surface area contributed by atoms with Crippen LogP contribution in [0.3, 0.4) is 0 Å². The van der Waals surface area contributed by atoms with Crippen molar-refractivity contribution in [3.05, 3.63) is 59.7 Å². The van der Waals surface area contributed by atoms with E-state index in [-0.39, 0.29) is 11.5 Å². The Morgan fingerprint density at radius 3 is 2.14 bits per heavy atom. The van der Waals surface area contributed by atoms with Crippen LogP contribution >= 0.6 is 0 Å². The van der Waals surface area contributed by atoms with Crippen molar-refractivity contribution in [3.63, 3.8) is 0 Å². The zero-order valence-electron chi connectivity index (χ0n) is 15.3. The average Bonchev–Trinajstić information content (AvgIpc) is 3.18. The lowest BCUT2D eigenvalue weighted by atomic mass is 10.1. The Hall–Kier alpha value is -2.59. The highest BCUT2D eigenvalue weighted by Crippen LogP contribution is 2.24. The van der Waals surface area contributed by atoms with Gasteiger partial charge in [-0.2, -0.15) is 0 Å².